The van der Waals surface area contributed by atoms with E-state index in [0.29, 0.717) is 27.7 Å². The quantitative estimate of drug-likeness (QED) is 0.754. The van der Waals surface area contributed by atoms with Crippen LogP contribution in [-0.4, -0.2) is 25.3 Å². The summed E-state index contributed by atoms with van der Waals surface area (Å²) in [7, 11) is 1.64. The van der Waals surface area contributed by atoms with Crippen molar-refractivity contribution in [1.29, 1.82) is 5.26 Å². The zero-order valence-corrected chi connectivity index (χ0v) is 14.1. The molecule has 8 heteroatoms. The monoisotopic (exact) mass is 355 g/mol. The highest BCUT2D eigenvalue weighted by Crippen LogP contribution is 2.20. The Morgan fingerprint density at radius 3 is 2.88 bits per heavy atom. The summed E-state index contributed by atoms with van der Waals surface area (Å²) in [5.41, 5.74) is 0.321. The number of ketones is 1. The summed E-state index contributed by atoms with van der Waals surface area (Å²) in [6.07, 6.45) is 1.69. The SMILES string of the molecule is Cn1c(Cl)cnc1C(C#N)C(=O)CCc1nc2ccccc2c(=O)[nH]1. The van der Waals surface area contributed by atoms with Gasteiger partial charge in [-0.25, -0.2) is 9.97 Å². The minimum atomic E-state index is -1.01. The highest BCUT2D eigenvalue weighted by Gasteiger charge is 2.25. The Kier molecular flexibility index (Phi) is 4.63. The number of para-hydroxylation sites is 1. The number of nitriles is 1. The van der Waals surface area contributed by atoms with E-state index in [1.54, 1.807) is 31.3 Å². The number of carbonyl (C=O) groups excluding carboxylic acids is 1. The predicted molar refractivity (Wildman–Crippen MR) is 92.3 cm³/mol. The molecule has 7 nitrogen and oxygen atoms in total. The molecular weight excluding hydrogens is 342 g/mol. The normalized spacial score (nSPS) is 12.0. The molecule has 1 unspecified atom stereocenters. The van der Waals surface area contributed by atoms with Crippen molar-refractivity contribution in [2.45, 2.75) is 18.8 Å². The van der Waals surface area contributed by atoms with Gasteiger partial charge >= 0.3 is 0 Å². The summed E-state index contributed by atoms with van der Waals surface area (Å²) >= 11 is 5.91. The molecule has 1 aromatic carbocycles. The van der Waals surface area contributed by atoms with Gasteiger partial charge in [0.1, 0.15) is 16.8 Å². The van der Waals surface area contributed by atoms with Gasteiger partial charge in [0.05, 0.1) is 23.2 Å². The van der Waals surface area contributed by atoms with Gasteiger partial charge in [0.25, 0.3) is 5.56 Å². The zero-order chi connectivity index (χ0) is 18.0. The number of H-pyrrole nitrogens is 1. The lowest BCUT2D eigenvalue weighted by atomic mass is 10.0. The molecule has 0 saturated carbocycles. The molecule has 25 heavy (non-hydrogen) atoms. The number of halogens is 1. The van der Waals surface area contributed by atoms with Crippen LogP contribution in [0.5, 0.6) is 0 Å². The molecule has 0 aliphatic rings. The second kappa shape index (κ2) is 6.87. The number of nitrogens with zero attached hydrogens (tertiary/aromatic N) is 4. The fourth-order valence-corrected chi connectivity index (χ4v) is 2.72. The maximum Gasteiger partial charge on any atom is 0.258 e. The molecule has 0 bridgehead atoms. The molecule has 126 valence electrons. The molecule has 2 aromatic heterocycles. The molecule has 0 aliphatic heterocycles. The van der Waals surface area contributed by atoms with Crippen LogP contribution < -0.4 is 5.56 Å². The molecule has 0 radical (unpaired) electrons. The second-order valence-electron chi connectivity index (χ2n) is 5.56. The highest BCUT2D eigenvalue weighted by atomic mass is 35.5. The molecule has 0 spiro atoms. The number of carbonyl (C=O) groups is 1. The van der Waals surface area contributed by atoms with Gasteiger partial charge in [0.2, 0.25) is 0 Å². The van der Waals surface area contributed by atoms with Crippen molar-refractivity contribution in [2.24, 2.45) is 7.05 Å². The van der Waals surface area contributed by atoms with E-state index in [2.05, 4.69) is 15.0 Å². The van der Waals surface area contributed by atoms with Crippen LogP contribution in [0, 0.1) is 11.3 Å². The number of hydrogen-bond donors (Lipinski definition) is 1. The molecule has 1 N–H and O–H groups in total. The Balaban J connectivity index is 1.79. The maximum absolute atomic E-state index is 12.4. The Bertz CT molecular complexity index is 1050. The number of aryl methyl sites for hydroxylation is 1. The molecule has 0 saturated heterocycles. The van der Waals surface area contributed by atoms with E-state index < -0.39 is 5.92 Å². The van der Waals surface area contributed by atoms with E-state index in [1.165, 1.54) is 10.8 Å². The summed E-state index contributed by atoms with van der Waals surface area (Å²) in [5.74, 6) is -0.600. The van der Waals surface area contributed by atoms with Gasteiger partial charge in [-0.1, -0.05) is 23.7 Å². The van der Waals surface area contributed by atoms with Gasteiger partial charge in [-0.05, 0) is 12.1 Å². The molecule has 0 aliphatic carbocycles. The van der Waals surface area contributed by atoms with E-state index in [-0.39, 0.29) is 24.2 Å². The minimum absolute atomic E-state index is 0.0595. The highest BCUT2D eigenvalue weighted by molar-refractivity contribution is 6.29. The Morgan fingerprint density at radius 1 is 1.44 bits per heavy atom. The number of benzene rings is 1. The maximum atomic E-state index is 12.4. The van der Waals surface area contributed by atoms with Crippen LogP contribution in [-0.2, 0) is 18.3 Å². The molecule has 0 amide bonds. The zero-order valence-electron chi connectivity index (χ0n) is 13.4. The minimum Gasteiger partial charge on any atom is -0.321 e. The molecule has 3 rings (SSSR count). The summed E-state index contributed by atoms with van der Waals surface area (Å²) < 4.78 is 1.50. The number of hydrogen-bond acceptors (Lipinski definition) is 5. The summed E-state index contributed by atoms with van der Waals surface area (Å²) in [5, 5.41) is 10.2. The Morgan fingerprint density at radius 2 is 2.20 bits per heavy atom. The van der Waals surface area contributed by atoms with Crippen molar-refractivity contribution in [2.75, 3.05) is 0 Å². The van der Waals surface area contributed by atoms with Crippen molar-refractivity contribution in [3.63, 3.8) is 0 Å². The standard InChI is InChI=1S/C17H14ClN5O2/c1-23-14(18)9-20-16(23)11(8-19)13(24)6-7-15-21-12-5-3-2-4-10(12)17(25)22-15/h2-5,9,11H,6-7H2,1H3,(H,21,22,25). The first-order valence-corrected chi connectivity index (χ1v) is 7.96. The fraction of sp³-hybridized carbons (Fsp3) is 0.235. The number of Topliss-reactive ketones (excluding diaryl/α,β-unsaturated/α-hetero) is 1. The van der Waals surface area contributed by atoms with E-state index in [0.717, 1.165) is 0 Å². The Labute approximate surface area is 147 Å². The van der Waals surface area contributed by atoms with E-state index in [4.69, 9.17) is 11.6 Å². The number of nitrogens with one attached hydrogen (secondary N) is 1. The predicted octanol–water partition coefficient (Wildman–Crippen LogP) is 2.12. The van der Waals surface area contributed by atoms with Crippen molar-refractivity contribution >= 4 is 28.3 Å². The largest absolute Gasteiger partial charge is 0.321 e. The average Bonchev–Trinajstić information content (AvgIpc) is 2.93. The number of imidazole rings is 1. The van der Waals surface area contributed by atoms with Gasteiger partial charge in [0.15, 0.2) is 11.7 Å². The smallest absolute Gasteiger partial charge is 0.258 e. The van der Waals surface area contributed by atoms with Crippen molar-refractivity contribution < 1.29 is 4.79 Å². The van der Waals surface area contributed by atoms with Gasteiger partial charge in [0, 0.05) is 19.9 Å². The Hall–Kier alpha value is -2.98. The first-order chi connectivity index (χ1) is 12.0. The summed E-state index contributed by atoms with van der Waals surface area (Å²) in [6, 6.07) is 8.95. The van der Waals surface area contributed by atoms with Gasteiger partial charge in [-0.15, -0.1) is 0 Å². The number of fused-ring (bicyclic) bond motifs is 1. The molecule has 0 fully saturated rings. The first kappa shape index (κ1) is 16.9. The lowest BCUT2D eigenvalue weighted by molar-refractivity contribution is -0.119. The second-order valence-corrected chi connectivity index (χ2v) is 5.94. The third-order valence-electron chi connectivity index (χ3n) is 3.95. The van der Waals surface area contributed by atoms with Gasteiger partial charge in [-0.3, -0.25) is 9.59 Å². The lowest BCUT2D eigenvalue weighted by Gasteiger charge is -2.09. The van der Waals surface area contributed by atoms with Crippen LogP contribution in [0.15, 0.2) is 35.3 Å². The summed E-state index contributed by atoms with van der Waals surface area (Å²) in [4.78, 5) is 35.5. The number of aromatic nitrogens is 4. The van der Waals surface area contributed by atoms with Crippen molar-refractivity contribution in [3.8, 4) is 6.07 Å². The van der Waals surface area contributed by atoms with Crippen molar-refractivity contribution in [3.05, 3.63) is 57.6 Å². The van der Waals surface area contributed by atoms with E-state index in [1.807, 2.05) is 6.07 Å². The van der Waals surface area contributed by atoms with Crippen molar-refractivity contribution in [1.82, 2.24) is 19.5 Å². The fourth-order valence-electron chi connectivity index (χ4n) is 2.58. The van der Waals surface area contributed by atoms with Crippen LogP contribution in [0.2, 0.25) is 5.15 Å². The molecule has 3 aromatic rings. The topological polar surface area (TPSA) is 104 Å². The lowest BCUT2D eigenvalue weighted by Crippen LogP contribution is -2.18. The molecule has 2 heterocycles. The molecule has 1 atom stereocenters. The average molecular weight is 356 g/mol. The van der Waals surface area contributed by atoms with E-state index in [9.17, 15) is 14.9 Å². The number of aromatic amines is 1. The van der Waals surface area contributed by atoms with Crippen LogP contribution in [0.1, 0.15) is 24.0 Å². The molecular formula is C17H14ClN5O2. The number of rotatable bonds is 5. The third-order valence-corrected chi connectivity index (χ3v) is 4.30. The summed E-state index contributed by atoms with van der Waals surface area (Å²) in [6.45, 7) is 0. The first-order valence-electron chi connectivity index (χ1n) is 7.58. The van der Waals surface area contributed by atoms with Crippen LogP contribution in [0.3, 0.4) is 0 Å². The van der Waals surface area contributed by atoms with Gasteiger partial charge in [-0.2, -0.15) is 5.26 Å². The third kappa shape index (κ3) is 3.30. The van der Waals surface area contributed by atoms with Crippen LogP contribution >= 0.6 is 11.6 Å². The van der Waals surface area contributed by atoms with Crippen LogP contribution in [0.25, 0.3) is 10.9 Å². The van der Waals surface area contributed by atoms with E-state index >= 15 is 0 Å². The van der Waals surface area contributed by atoms with Gasteiger partial charge < -0.3 is 9.55 Å². The van der Waals surface area contributed by atoms with Crippen LogP contribution in [0.4, 0.5) is 0 Å².